The zero-order chi connectivity index (χ0) is 14.9. The Morgan fingerprint density at radius 3 is 2.65 bits per heavy atom. The van der Waals surface area contributed by atoms with Crippen molar-refractivity contribution < 1.29 is 19.4 Å². The summed E-state index contributed by atoms with van der Waals surface area (Å²) in [6, 6.07) is 4.81. The van der Waals surface area contributed by atoms with E-state index in [4.69, 9.17) is 9.84 Å². The molecule has 2 unspecified atom stereocenters. The molecule has 0 saturated carbocycles. The van der Waals surface area contributed by atoms with Crippen LogP contribution < -0.4 is 4.74 Å². The maximum absolute atomic E-state index is 12.4. The molecule has 1 aromatic carbocycles. The predicted octanol–water partition coefficient (Wildman–Crippen LogP) is 2.39. The summed E-state index contributed by atoms with van der Waals surface area (Å²) in [4.78, 5) is 25.2. The number of carbonyl (C=O) groups excluding carboxylic acids is 1. The smallest absolute Gasteiger partial charge is 0.308 e. The Kier molecular flexibility index (Phi) is 4.32. The topological polar surface area (TPSA) is 66.8 Å². The largest absolute Gasteiger partial charge is 0.496 e. The molecule has 0 bridgehead atoms. The Labute approximate surface area is 125 Å². The summed E-state index contributed by atoms with van der Waals surface area (Å²) < 4.78 is 5.83. The van der Waals surface area contributed by atoms with Crippen molar-refractivity contribution in [1.82, 2.24) is 4.90 Å². The summed E-state index contributed by atoms with van der Waals surface area (Å²) >= 11 is 3.34. The molecule has 1 aromatic rings. The lowest BCUT2D eigenvalue weighted by atomic mass is 10.0. The molecule has 1 amide bonds. The third-order valence-electron chi connectivity index (χ3n) is 3.73. The van der Waals surface area contributed by atoms with E-state index in [2.05, 4.69) is 15.9 Å². The van der Waals surface area contributed by atoms with Crippen LogP contribution in [0.1, 0.15) is 23.7 Å². The van der Waals surface area contributed by atoms with Gasteiger partial charge in [-0.3, -0.25) is 9.59 Å². The second kappa shape index (κ2) is 5.83. The van der Waals surface area contributed by atoms with Crippen LogP contribution >= 0.6 is 15.9 Å². The Hall–Kier alpha value is -1.56. The van der Waals surface area contributed by atoms with Gasteiger partial charge in [0.25, 0.3) is 5.91 Å². The van der Waals surface area contributed by atoms with Crippen LogP contribution in [0.4, 0.5) is 0 Å². The number of halogens is 1. The zero-order valence-corrected chi connectivity index (χ0v) is 12.9. The van der Waals surface area contributed by atoms with Crippen molar-refractivity contribution in [1.29, 1.82) is 0 Å². The first-order chi connectivity index (χ1) is 9.45. The highest BCUT2D eigenvalue weighted by atomic mass is 79.9. The van der Waals surface area contributed by atoms with Gasteiger partial charge in [-0.1, -0.05) is 0 Å². The molecular weight excluding hydrogens is 326 g/mol. The van der Waals surface area contributed by atoms with Gasteiger partial charge in [-0.25, -0.2) is 0 Å². The van der Waals surface area contributed by atoms with E-state index < -0.39 is 11.9 Å². The van der Waals surface area contributed by atoms with E-state index in [1.807, 2.05) is 0 Å². The van der Waals surface area contributed by atoms with Gasteiger partial charge >= 0.3 is 5.97 Å². The standard InChI is InChI=1S/C14H16BrNO4/c1-8-10(14(18)19)5-6-16(8)13(17)9-3-4-12(20-2)11(15)7-9/h3-4,7-8,10H,5-6H2,1-2H3,(H,18,19). The van der Waals surface area contributed by atoms with Crippen molar-refractivity contribution >= 4 is 27.8 Å². The number of methoxy groups -OCH3 is 1. The highest BCUT2D eigenvalue weighted by Crippen LogP contribution is 2.29. The normalized spacial score (nSPS) is 21.9. The van der Waals surface area contributed by atoms with Crippen LogP contribution in [0.15, 0.2) is 22.7 Å². The first kappa shape index (κ1) is 14.8. The first-order valence-electron chi connectivity index (χ1n) is 6.33. The lowest BCUT2D eigenvalue weighted by Crippen LogP contribution is -2.37. The van der Waals surface area contributed by atoms with Crippen molar-refractivity contribution in [2.24, 2.45) is 5.92 Å². The molecule has 0 aromatic heterocycles. The number of carboxylic acids is 1. The molecule has 108 valence electrons. The fourth-order valence-corrected chi connectivity index (χ4v) is 3.06. The maximum Gasteiger partial charge on any atom is 0.308 e. The van der Waals surface area contributed by atoms with Crippen molar-refractivity contribution in [2.75, 3.05) is 13.7 Å². The molecule has 1 aliphatic rings. The Morgan fingerprint density at radius 1 is 1.45 bits per heavy atom. The van der Waals surface area contributed by atoms with Crippen LogP contribution in [0, 0.1) is 5.92 Å². The minimum absolute atomic E-state index is 0.149. The fraction of sp³-hybridized carbons (Fsp3) is 0.429. The Balaban J connectivity index is 2.20. The molecule has 1 N–H and O–H groups in total. The molecular formula is C14H16BrNO4. The highest BCUT2D eigenvalue weighted by molar-refractivity contribution is 9.10. The summed E-state index contributed by atoms with van der Waals surface area (Å²) in [5.41, 5.74) is 0.524. The zero-order valence-electron chi connectivity index (χ0n) is 11.3. The number of carbonyl (C=O) groups is 2. The van der Waals surface area contributed by atoms with E-state index in [0.717, 1.165) is 0 Å². The third kappa shape index (κ3) is 2.65. The van der Waals surface area contributed by atoms with Gasteiger partial charge in [0.05, 0.1) is 17.5 Å². The van der Waals surface area contributed by atoms with Crippen LogP contribution in [0.5, 0.6) is 5.75 Å². The molecule has 5 nitrogen and oxygen atoms in total. The van der Waals surface area contributed by atoms with Crippen molar-refractivity contribution in [2.45, 2.75) is 19.4 Å². The van der Waals surface area contributed by atoms with Crippen molar-refractivity contribution in [3.8, 4) is 5.75 Å². The number of aliphatic carboxylic acids is 1. The number of hydrogen-bond donors (Lipinski definition) is 1. The van der Waals surface area contributed by atoms with E-state index in [1.165, 1.54) is 0 Å². The van der Waals surface area contributed by atoms with Crippen LogP contribution in [-0.4, -0.2) is 41.6 Å². The number of hydrogen-bond acceptors (Lipinski definition) is 3. The molecule has 2 rings (SSSR count). The molecule has 1 heterocycles. The van der Waals surface area contributed by atoms with Gasteiger partial charge in [-0.05, 0) is 47.5 Å². The quantitative estimate of drug-likeness (QED) is 0.916. The lowest BCUT2D eigenvalue weighted by molar-refractivity contribution is -0.142. The molecule has 0 aliphatic carbocycles. The third-order valence-corrected chi connectivity index (χ3v) is 4.35. The van der Waals surface area contributed by atoms with Crippen molar-refractivity contribution in [3.63, 3.8) is 0 Å². The summed E-state index contributed by atoms with van der Waals surface area (Å²) in [6.07, 6.45) is 0.500. The van der Waals surface area contributed by atoms with Gasteiger partial charge in [0.1, 0.15) is 5.75 Å². The fourth-order valence-electron chi connectivity index (χ4n) is 2.52. The molecule has 2 atom stereocenters. The van der Waals surface area contributed by atoms with E-state index in [0.29, 0.717) is 28.8 Å². The van der Waals surface area contributed by atoms with Gasteiger partial charge in [-0.2, -0.15) is 0 Å². The van der Waals surface area contributed by atoms with Gasteiger partial charge in [0, 0.05) is 18.2 Å². The number of benzene rings is 1. The molecule has 1 saturated heterocycles. The van der Waals surface area contributed by atoms with Gasteiger partial charge in [0.15, 0.2) is 0 Å². The van der Waals surface area contributed by atoms with Gasteiger partial charge in [-0.15, -0.1) is 0 Å². The SMILES string of the molecule is COc1ccc(C(=O)N2CCC(C(=O)O)C2C)cc1Br. The number of ether oxygens (including phenoxy) is 1. The van der Waals surface area contributed by atoms with Crippen LogP contribution in [0.3, 0.4) is 0 Å². The Bertz CT molecular complexity index is 546. The second-order valence-electron chi connectivity index (χ2n) is 4.82. The number of likely N-dealkylation sites (tertiary alicyclic amines) is 1. The van der Waals surface area contributed by atoms with E-state index in [1.54, 1.807) is 37.1 Å². The monoisotopic (exact) mass is 341 g/mol. The molecule has 6 heteroatoms. The molecule has 20 heavy (non-hydrogen) atoms. The minimum Gasteiger partial charge on any atom is -0.496 e. The summed E-state index contributed by atoms with van der Waals surface area (Å²) in [6.45, 7) is 2.25. The summed E-state index contributed by atoms with van der Waals surface area (Å²) in [5.74, 6) is -0.826. The molecule has 1 aliphatic heterocycles. The Morgan fingerprint density at radius 2 is 2.15 bits per heavy atom. The molecule has 0 radical (unpaired) electrons. The van der Waals surface area contributed by atoms with Crippen LogP contribution in [-0.2, 0) is 4.79 Å². The number of carboxylic acid groups (broad SMARTS) is 1. The maximum atomic E-state index is 12.4. The highest BCUT2D eigenvalue weighted by Gasteiger charge is 2.38. The number of amides is 1. The predicted molar refractivity (Wildman–Crippen MR) is 76.9 cm³/mol. The van der Waals surface area contributed by atoms with Crippen molar-refractivity contribution in [3.05, 3.63) is 28.2 Å². The molecule has 1 fully saturated rings. The van der Waals surface area contributed by atoms with Gasteiger partial charge < -0.3 is 14.7 Å². The number of rotatable bonds is 3. The van der Waals surface area contributed by atoms with Gasteiger partial charge in [0.2, 0.25) is 0 Å². The summed E-state index contributed by atoms with van der Waals surface area (Å²) in [5, 5.41) is 9.10. The number of nitrogens with zero attached hydrogens (tertiary/aromatic N) is 1. The average molecular weight is 342 g/mol. The lowest BCUT2D eigenvalue weighted by Gasteiger charge is -2.23. The van der Waals surface area contributed by atoms with E-state index in [-0.39, 0.29) is 11.9 Å². The summed E-state index contributed by atoms with van der Waals surface area (Å²) in [7, 11) is 1.56. The minimum atomic E-state index is -0.844. The second-order valence-corrected chi connectivity index (χ2v) is 5.68. The van der Waals surface area contributed by atoms with Crippen LogP contribution in [0.25, 0.3) is 0 Å². The van der Waals surface area contributed by atoms with E-state index in [9.17, 15) is 9.59 Å². The molecule has 0 spiro atoms. The van der Waals surface area contributed by atoms with Crippen LogP contribution in [0.2, 0.25) is 0 Å². The van der Waals surface area contributed by atoms with E-state index >= 15 is 0 Å². The average Bonchev–Trinajstić information content (AvgIpc) is 2.79. The first-order valence-corrected chi connectivity index (χ1v) is 7.12.